The van der Waals surface area contributed by atoms with Crippen LogP contribution in [0.2, 0.25) is 0 Å². The van der Waals surface area contributed by atoms with Crippen molar-refractivity contribution in [3.05, 3.63) is 41.8 Å². The monoisotopic (exact) mass is 444 g/mol. The molecule has 1 N–H and O–H groups in total. The zero-order valence-electron chi connectivity index (χ0n) is 19.4. The van der Waals surface area contributed by atoms with Crippen LogP contribution >= 0.6 is 0 Å². The highest BCUT2D eigenvalue weighted by Crippen LogP contribution is 2.41. The lowest BCUT2D eigenvalue weighted by Gasteiger charge is -2.44. The third-order valence-corrected chi connectivity index (χ3v) is 6.37. The standard InChI is InChI=1S/C25H33FN2O4/c1-5-17-15-25(22(29)30,13-14-28(17)23(31)32-24(2,3)4)12-8-10-18-19-9-6-7-11-21(19)27-16-20(18)26/h6-7,9,11,16-17H,5,8,10,12-15H2,1-4H3,(H,29,30). The van der Waals surface area contributed by atoms with Crippen LogP contribution in [0.25, 0.3) is 10.9 Å². The third-order valence-electron chi connectivity index (χ3n) is 6.37. The van der Waals surface area contributed by atoms with Gasteiger partial charge in [0.25, 0.3) is 0 Å². The van der Waals surface area contributed by atoms with Gasteiger partial charge in [-0.2, -0.15) is 0 Å². The van der Waals surface area contributed by atoms with Gasteiger partial charge in [0.2, 0.25) is 0 Å². The van der Waals surface area contributed by atoms with Crippen molar-refractivity contribution in [2.75, 3.05) is 6.54 Å². The summed E-state index contributed by atoms with van der Waals surface area (Å²) in [5.41, 5.74) is -0.227. The second-order valence-corrected chi connectivity index (χ2v) is 9.73. The molecule has 2 atom stereocenters. The van der Waals surface area contributed by atoms with Crippen LogP contribution < -0.4 is 0 Å². The summed E-state index contributed by atoms with van der Waals surface area (Å²) >= 11 is 0. The third kappa shape index (κ3) is 5.19. The van der Waals surface area contributed by atoms with Crippen LogP contribution in [0.15, 0.2) is 30.5 Å². The molecule has 0 bridgehead atoms. The maximum Gasteiger partial charge on any atom is 0.410 e. The zero-order valence-corrected chi connectivity index (χ0v) is 19.4. The molecular weight excluding hydrogens is 411 g/mol. The average molecular weight is 445 g/mol. The maximum atomic E-state index is 14.5. The number of aryl methyl sites for hydroxylation is 1. The summed E-state index contributed by atoms with van der Waals surface area (Å²) in [7, 11) is 0. The van der Waals surface area contributed by atoms with Crippen LogP contribution in [-0.4, -0.2) is 45.2 Å². The second-order valence-electron chi connectivity index (χ2n) is 9.73. The zero-order chi connectivity index (χ0) is 23.5. The molecular formula is C25H33FN2O4. The fourth-order valence-electron chi connectivity index (χ4n) is 4.67. The van der Waals surface area contributed by atoms with Gasteiger partial charge in [0.05, 0.1) is 17.1 Å². The molecule has 0 saturated carbocycles. The molecule has 0 aliphatic carbocycles. The van der Waals surface area contributed by atoms with Crippen molar-refractivity contribution in [2.24, 2.45) is 5.41 Å². The van der Waals surface area contributed by atoms with Gasteiger partial charge in [0.1, 0.15) is 11.4 Å². The van der Waals surface area contributed by atoms with Gasteiger partial charge in [-0.05, 0) is 70.9 Å². The summed E-state index contributed by atoms with van der Waals surface area (Å²) in [5.74, 6) is -1.21. The Hall–Kier alpha value is -2.70. The van der Waals surface area contributed by atoms with Crippen molar-refractivity contribution in [3.63, 3.8) is 0 Å². The van der Waals surface area contributed by atoms with Crippen LogP contribution in [0.3, 0.4) is 0 Å². The predicted octanol–water partition coefficient (Wildman–Crippen LogP) is 5.58. The number of aliphatic carboxylic acids is 1. The molecule has 1 aliphatic heterocycles. The lowest BCUT2D eigenvalue weighted by atomic mass is 9.71. The first-order valence-corrected chi connectivity index (χ1v) is 11.3. The molecule has 1 aromatic heterocycles. The first-order valence-electron chi connectivity index (χ1n) is 11.3. The smallest absolute Gasteiger partial charge is 0.410 e. The van der Waals surface area contributed by atoms with E-state index in [0.29, 0.717) is 50.6 Å². The van der Waals surface area contributed by atoms with Gasteiger partial charge >= 0.3 is 12.1 Å². The molecule has 2 unspecified atom stereocenters. The molecule has 1 aliphatic rings. The molecule has 174 valence electrons. The number of carboxylic acids is 1. The summed E-state index contributed by atoms with van der Waals surface area (Å²) in [6.45, 7) is 7.75. The molecule has 1 aromatic carbocycles. The number of rotatable bonds is 6. The lowest BCUT2D eigenvalue weighted by Crippen LogP contribution is -2.53. The number of hydrogen-bond donors (Lipinski definition) is 1. The molecule has 0 radical (unpaired) electrons. The normalized spacial score (nSPS) is 21.5. The van der Waals surface area contributed by atoms with Gasteiger partial charge in [0, 0.05) is 18.0 Å². The molecule has 1 amide bonds. The van der Waals surface area contributed by atoms with Gasteiger partial charge in [-0.3, -0.25) is 9.78 Å². The minimum absolute atomic E-state index is 0.201. The molecule has 7 heteroatoms. The summed E-state index contributed by atoms with van der Waals surface area (Å²) in [5, 5.41) is 10.9. The Morgan fingerprint density at radius 1 is 1.31 bits per heavy atom. The minimum atomic E-state index is -0.932. The van der Waals surface area contributed by atoms with Crippen LogP contribution in [0.4, 0.5) is 9.18 Å². The van der Waals surface area contributed by atoms with Gasteiger partial charge in [-0.15, -0.1) is 0 Å². The number of nitrogens with zero attached hydrogens (tertiary/aromatic N) is 2. The fraction of sp³-hybridized carbons (Fsp3) is 0.560. The number of carbonyl (C=O) groups excluding carboxylic acids is 1. The van der Waals surface area contributed by atoms with Crippen molar-refractivity contribution >= 4 is 23.0 Å². The Morgan fingerprint density at radius 3 is 2.69 bits per heavy atom. The summed E-state index contributed by atoms with van der Waals surface area (Å²) in [6, 6.07) is 7.20. The Morgan fingerprint density at radius 2 is 2.03 bits per heavy atom. The number of hydrogen-bond acceptors (Lipinski definition) is 4. The van der Waals surface area contributed by atoms with Crippen LogP contribution in [0.1, 0.15) is 65.4 Å². The van der Waals surface area contributed by atoms with Crippen molar-refractivity contribution in [2.45, 2.75) is 77.9 Å². The van der Waals surface area contributed by atoms with Gasteiger partial charge in [-0.1, -0.05) is 25.1 Å². The topological polar surface area (TPSA) is 79.7 Å². The lowest BCUT2D eigenvalue weighted by molar-refractivity contribution is -0.154. The van der Waals surface area contributed by atoms with Crippen molar-refractivity contribution in [1.82, 2.24) is 9.88 Å². The quantitative estimate of drug-likeness (QED) is 0.629. The number of aromatic nitrogens is 1. The highest BCUT2D eigenvalue weighted by molar-refractivity contribution is 5.82. The SMILES string of the molecule is CCC1CC(CCCc2c(F)cnc3ccccc23)(C(=O)O)CCN1C(=O)OC(C)(C)C. The van der Waals surface area contributed by atoms with Crippen LogP contribution in [-0.2, 0) is 16.0 Å². The molecule has 1 saturated heterocycles. The molecule has 32 heavy (non-hydrogen) atoms. The van der Waals surface area contributed by atoms with Gasteiger partial charge < -0.3 is 14.7 Å². The van der Waals surface area contributed by atoms with E-state index in [0.717, 1.165) is 10.9 Å². The number of pyridine rings is 1. The van der Waals surface area contributed by atoms with E-state index in [2.05, 4.69) is 4.98 Å². The Bertz CT molecular complexity index is 988. The Kier molecular flexibility index (Phi) is 7.06. The van der Waals surface area contributed by atoms with Crippen LogP contribution in [0.5, 0.6) is 0 Å². The largest absolute Gasteiger partial charge is 0.481 e. The molecule has 3 rings (SSSR count). The first-order chi connectivity index (χ1) is 15.1. The molecule has 6 nitrogen and oxygen atoms in total. The number of halogens is 1. The van der Waals surface area contributed by atoms with Gasteiger partial charge in [-0.25, -0.2) is 9.18 Å². The number of piperidine rings is 1. The number of benzene rings is 1. The number of amides is 1. The summed E-state index contributed by atoms with van der Waals surface area (Å²) < 4.78 is 20.0. The number of likely N-dealkylation sites (tertiary alicyclic amines) is 1. The van der Waals surface area contributed by atoms with Crippen molar-refractivity contribution in [3.8, 4) is 0 Å². The van der Waals surface area contributed by atoms with Gasteiger partial charge in [0.15, 0.2) is 0 Å². The number of para-hydroxylation sites is 1. The van der Waals surface area contributed by atoms with Crippen molar-refractivity contribution in [1.29, 1.82) is 0 Å². The summed E-state index contributed by atoms with van der Waals surface area (Å²) in [4.78, 5) is 30.8. The first kappa shape index (κ1) is 24.0. The second kappa shape index (κ2) is 9.43. The Balaban J connectivity index is 1.73. The fourth-order valence-corrected chi connectivity index (χ4v) is 4.67. The highest BCUT2D eigenvalue weighted by Gasteiger charge is 2.46. The highest BCUT2D eigenvalue weighted by atomic mass is 19.1. The van der Waals surface area contributed by atoms with E-state index in [1.807, 2.05) is 52.0 Å². The van der Waals surface area contributed by atoms with Crippen molar-refractivity contribution < 1.29 is 23.8 Å². The van der Waals surface area contributed by atoms with E-state index < -0.39 is 23.1 Å². The predicted molar refractivity (Wildman–Crippen MR) is 121 cm³/mol. The molecule has 2 aromatic rings. The number of carboxylic acid groups (broad SMARTS) is 1. The Labute approximate surface area is 188 Å². The number of fused-ring (bicyclic) bond motifs is 1. The van der Waals surface area contributed by atoms with E-state index in [1.54, 1.807) is 4.90 Å². The average Bonchev–Trinajstić information content (AvgIpc) is 2.73. The molecule has 1 fully saturated rings. The van der Waals surface area contributed by atoms with E-state index in [4.69, 9.17) is 4.74 Å². The van der Waals surface area contributed by atoms with E-state index in [9.17, 15) is 19.1 Å². The molecule has 2 heterocycles. The van der Waals surface area contributed by atoms with Crippen LogP contribution in [0, 0.1) is 11.2 Å². The number of carbonyl (C=O) groups is 2. The molecule has 0 spiro atoms. The minimum Gasteiger partial charge on any atom is -0.481 e. The van der Waals surface area contributed by atoms with E-state index in [-0.39, 0.29) is 11.9 Å². The number of ether oxygens (including phenoxy) is 1. The summed E-state index contributed by atoms with van der Waals surface area (Å²) in [6.07, 6.45) is 3.63. The maximum absolute atomic E-state index is 14.5. The van der Waals surface area contributed by atoms with E-state index >= 15 is 0 Å². The van der Waals surface area contributed by atoms with E-state index in [1.165, 1.54) is 6.20 Å².